The fourth-order valence-electron chi connectivity index (χ4n) is 1.83. The van der Waals surface area contributed by atoms with Gasteiger partial charge in [0.05, 0.1) is 17.9 Å². The molecule has 2 aromatic rings. The monoisotopic (exact) mass is 242 g/mol. The highest BCUT2D eigenvalue weighted by atomic mass is 15.0. The molecule has 0 saturated heterocycles. The zero-order chi connectivity index (χ0) is 13.0. The van der Waals surface area contributed by atoms with E-state index in [-0.39, 0.29) is 0 Å². The van der Waals surface area contributed by atoms with Gasteiger partial charge in [-0.15, -0.1) is 0 Å². The lowest BCUT2D eigenvalue weighted by Crippen LogP contribution is -2.08. The van der Waals surface area contributed by atoms with E-state index >= 15 is 0 Å². The maximum atomic E-state index is 5.88. The van der Waals surface area contributed by atoms with Crippen LogP contribution in [0.25, 0.3) is 0 Å². The molecule has 0 atom stereocenters. The molecule has 0 aromatic carbocycles. The van der Waals surface area contributed by atoms with Crippen LogP contribution >= 0.6 is 0 Å². The summed E-state index contributed by atoms with van der Waals surface area (Å²) in [6.45, 7) is 4.72. The average molecular weight is 242 g/mol. The third-order valence-electron chi connectivity index (χ3n) is 2.85. The van der Waals surface area contributed by atoms with Crippen LogP contribution in [0.15, 0.2) is 30.5 Å². The number of pyridine rings is 2. The van der Waals surface area contributed by atoms with Crippen molar-refractivity contribution in [2.75, 3.05) is 11.1 Å². The minimum atomic E-state index is 0.644. The molecule has 0 saturated carbocycles. The number of hydrogen-bond donors (Lipinski definition) is 2. The highest BCUT2D eigenvalue weighted by Crippen LogP contribution is 2.17. The molecule has 0 spiro atoms. The zero-order valence-electron chi connectivity index (χ0n) is 10.8. The first kappa shape index (κ1) is 12.4. The standard InChI is InChI=1S/C14H18N4/c1-3-11-5-4-8-16-13(11)9-17-14-12(15)7-6-10(2)18-14/h4-8H,3,9,15H2,1-2H3,(H,17,18). The van der Waals surface area contributed by atoms with Gasteiger partial charge >= 0.3 is 0 Å². The van der Waals surface area contributed by atoms with Gasteiger partial charge in [0.25, 0.3) is 0 Å². The second kappa shape index (κ2) is 5.49. The second-order valence-corrected chi connectivity index (χ2v) is 4.21. The molecule has 3 N–H and O–H groups in total. The van der Waals surface area contributed by atoms with Gasteiger partial charge in [0, 0.05) is 11.9 Å². The first-order valence-corrected chi connectivity index (χ1v) is 6.10. The topological polar surface area (TPSA) is 63.8 Å². The van der Waals surface area contributed by atoms with Gasteiger partial charge in [0.15, 0.2) is 0 Å². The molecule has 0 unspecified atom stereocenters. The molecule has 18 heavy (non-hydrogen) atoms. The molecule has 2 aromatic heterocycles. The summed E-state index contributed by atoms with van der Waals surface area (Å²) in [6.07, 6.45) is 2.78. The SMILES string of the molecule is CCc1cccnc1CNc1nc(C)ccc1N. The molecule has 0 aliphatic heterocycles. The van der Waals surface area contributed by atoms with E-state index in [2.05, 4.69) is 28.3 Å². The summed E-state index contributed by atoms with van der Waals surface area (Å²) < 4.78 is 0. The van der Waals surface area contributed by atoms with Gasteiger partial charge in [-0.1, -0.05) is 13.0 Å². The van der Waals surface area contributed by atoms with E-state index in [9.17, 15) is 0 Å². The van der Waals surface area contributed by atoms with Crippen molar-refractivity contribution < 1.29 is 0 Å². The summed E-state index contributed by atoms with van der Waals surface area (Å²) in [5.41, 5.74) is 9.78. The molecule has 2 rings (SSSR count). The molecule has 0 radical (unpaired) electrons. The van der Waals surface area contributed by atoms with Crippen LogP contribution in [0, 0.1) is 6.92 Å². The van der Waals surface area contributed by atoms with Crippen LogP contribution in [-0.2, 0) is 13.0 Å². The number of rotatable bonds is 4. The van der Waals surface area contributed by atoms with E-state index in [1.165, 1.54) is 5.56 Å². The van der Waals surface area contributed by atoms with Gasteiger partial charge in [0.1, 0.15) is 5.82 Å². The van der Waals surface area contributed by atoms with Crippen molar-refractivity contribution in [3.05, 3.63) is 47.4 Å². The molecule has 2 heterocycles. The highest BCUT2D eigenvalue weighted by Gasteiger charge is 2.04. The van der Waals surface area contributed by atoms with Crippen molar-refractivity contribution in [2.24, 2.45) is 0 Å². The number of nitrogens with two attached hydrogens (primary N) is 1. The number of anilines is 2. The Morgan fingerprint density at radius 1 is 1.28 bits per heavy atom. The quantitative estimate of drug-likeness (QED) is 0.864. The average Bonchev–Trinajstić information content (AvgIpc) is 2.40. The predicted molar refractivity (Wildman–Crippen MR) is 74.3 cm³/mol. The highest BCUT2D eigenvalue weighted by molar-refractivity contribution is 5.61. The summed E-state index contributed by atoms with van der Waals surface area (Å²) in [7, 11) is 0. The van der Waals surface area contributed by atoms with E-state index in [0.29, 0.717) is 12.2 Å². The number of aromatic nitrogens is 2. The Labute approximate surface area is 107 Å². The summed E-state index contributed by atoms with van der Waals surface area (Å²) in [5.74, 6) is 0.725. The normalized spacial score (nSPS) is 10.3. The van der Waals surface area contributed by atoms with Crippen molar-refractivity contribution in [2.45, 2.75) is 26.8 Å². The molecular weight excluding hydrogens is 224 g/mol. The first-order chi connectivity index (χ1) is 8.70. The van der Waals surface area contributed by atoms with Crippen molar-refractivity contribution >= 4 is 11.5 Å². The zero-order valence-corrected chi connectivity index (χ0v) is 10.8. The van der Waals surface area contributed by atoms with Crippen molar-refractivity contribution in [3.8, 4) is 0 Å². The first-order valence-electron chi connectivity index (χ1n) is 6.10. The third kappa shape index (κ3) is 2.77. The van der Waals surface area contributed by atoms with E-state index in [4.69, 9.17) is 5.73 Å². The van der Waals surface area contributed by atoms with Gasteiger partial charge in [0.2, 0.25) is 0 Å². The Hall–Kier alpha value is -2.10. The van der Waals surface area contributed by atoms with E-state index in [1.807, 2.05) is 31.3 Å². The van der Waals surface area contributed by atoms with Crippen LogP contribution in [0.3, 0.4) is 0 Å². The number of hydrogen-bond acceptors (Lipinski definition) is 4. The van der Waals surface area contributed by atoms with Gasteiger partial charge in [-0.25, -0.2) is 4.98 Å². The maximum absolute atomic E-state index is 5.88. The summed E-state index contributed by atoms with van der Waals surface area (Å²) >= 11 is 0. The number of nitrogens with one attached hydrogen (secondary N) is 1. The number of nitrogen functional groups attached to an aromatic ring is 1. The van der Waals surface area contributed by atoms with Gasteiger partial charge in [-0.3, -0.25) is 4.98 Å². The van der Waals surface area contributed by atoms with Crippen LogP contribution in [0.2, 0.25) is 0 Å². The fraction of sp³-hybridized carbons (Fsp3) is 0.286. The van der Waals surface area contributed by atoms with Crippen molar-refractivity contribution in [1.82, 2.24) is 9.97 Å². The Balaban J connectivity index is 2.14. The molecule has 0 aliphatic rings. The van der Waals surface area contributed by atoms with E-state index in [0.717, 1.165) is 23.6 Å². The molecule has 4 heteroatoms. The van der Waals surface area contributed by atoms with Crippen molar-refractivity contribution in [3.63, 3.8) is 0 Å². The summed E-state index contributed by atoms with van der Waals surface area (Å²) in [4.78, 5) is 8.76. The largest absolute Gasteiger partial charge is 0.396 e. The maximum Gasteiger partial charge on any atom is 0.149 e. The fourth-order valence-corrected chi connectivity index (χ4v) is 1.83. The van der Waals surface area contributed by atoms with Gasteiger partial charge < -0.3 is 11.1 Å². The van der Waals surface area contributed by atoms with Gasteiger partial charge in [-0.2, -0.15) is 0 Å². The molecule has 0 amide bonds. The molecule has 94 valence electrons. The van der Waals surface area contributed by atoms with E-state index in [1.54, 1.807) is 0 Å². The Morgan fingerprint density at radius 2 is 2.11 bits per heavy atom. The molecule has 0 aliphatic carbocycles. The van der Waals surface area contributed by atoms with Crippen LogP contribution in [0.5, 0.6) is 0 Å². The van der Waals surface area contributed by atoms with Crippen LogP contribution in [0.4, 0.5) is 11.5 Å². The second-order valence-electron chi connectivity index (χ2n) is 4.21. The predicted octanol–water partition coefficient (Wildman–Crippen LogP) is 2.54. The molecule has 4 nitrogen and oxygen atoms in total. The summed E-state index contributed by atoms with van der Waals surface area (Å²) in [6, 6.07) is 7.82. The van der Waals surface area contributed by atoms with Crippen LogP contribution in [-0.4, -0.2) is 9.97 Å². The Morgan fingerprint density at radius 3 is 2.89 bits per heavy atom. The molecular formula is C14H18N4. The number of aryl methyl sites for hydroxylation is 2. The lowest BCUT2D eigenvalue weighted by atomic mass is 10.1. The summed E-state index contributed by atoms with van der Waals surface area (Å²) in [5, 5.41) is 3.25. The smallest absolute Gasteiger partial charge is 0.149 e. The number of nitrogens with zero attached hydrogens (tertiary/aromatic N) is 2. The lowest BCUT2D eigenvalue weighted by Gasteiger charge is -2.10. The third-order valence-corrected chi connectivity index (χ3v) is 2.85. The minimum absolute atomic E-state index is 0.644. The van der Waals surface area contributed by atoms with Gasteiger partial charge in [-0.05, 0) is 37.1 Å². The van der Waals surface area contributed by atoms with Crippen LogP contribution < -0.4 is 11.1 Å². The Kier molecular flexibility index (Phi) is 3.77. The molecule has 0 fully saturated rings. The molecule has 0 bridgehead atoms. The minimum Gasteiger partial charge on any atom is -0.396 e. The lowest BCUT2D eigenvalue weighted by molar-refractivity contribution is 0.963. The van der Waals surface area contributed by atoms with Crippen molar-refractivity contribution in [1.29, 1.82) is 0 Å². The Bertz CT molecular complexity index is 537. The van der Waals surface area contributed by atoms with E-state index < -0.39 is 0 Å². The van der Waals surface area contributed by atoms with Crippen LogP contribution in [0.1, 0.15) is 23.9 Å².